The number of hydrogen-bond acceptors (Lipinski definition) is 3. The summed E-state index contributed by atoms with van der Waals surface area (Å²) in [4.78, 5) is 10.5. The highest BCUT2D eigenvalue weighted by molar-refractivity contribution is 5.69. The molecule has 1 atom stereocenters. The van der Waals surface area contributed by atoms with E-state index in [-0.39, 0.29) is 5.92 Å². The summed E-state index contributed by atoms with van der Waals surface area (Å²) in [5.74, 6) is -1.04. The summed E-state index contributed by atoms with van der Waals surface area (Å²) >= 11 is 0. The van der Waals surface area contributed by atoms with Crippen LogP contribution in [0.3, 0.4) is 0 Å². The van der Waals surface area contributed by atoms with E-state index in [0.29, 0.717) is 18.7 Å². The van der Waals surface area contributed by atoms with E-state index in [1.807, 2.05) is 6.92 Å². The molecular formula is C10H19NO3. The molecule has 4 heteroatoms. The molecule has 0 bridgehead atoms. The number of hydrogen-bond donors (Lipinski definition) is 2. The van der Waals surface area contributed by atoms with Crippen LogP contribution in [0.2, 0.25) is 0 Å². The number of carboxylic acid groups (broad SMARTS) is 1. The van der Waals surface area contributed by atoms with E-state index in [4.69, 9.17) is 9.84 Å². The van der Waals surface area contributed by atoms with Crippen molar-refractivity contribution in [2.24, 2.45) is 5.92 Å². The molecule has 0 aromatic rings. The molecule has 0 radical (unpaired) electrons. The van der Waals surface area contributed by atoms with Crippen LogP contribution in [0.25, 0.3) is 0 Å². The zero-order chi connectivity index (χ0) is 10.6. The third kappa shape index (κ3) is 3.27. The Morgan fingerprint density at radius 2 is 2.29 bits per heavy atom. The molecular weight excluding hydrogens is 182 g/mol. The third-order valence-corrected chi connectivity index (χ3v) is 2.63. The van der Waals surface area contributed by atoms with Gasteiger partial charge < -0.3 is 15.2 Å². The Labute approximate surface area is 84.6 Å². The minimum Gasteiger partial charge on any atom is -0.481 e. The van der Waals surface area contributed by atoms with Gasteiger partial charge >= 0.3 is 5.97 Å². The lowest BCUT2D eigenvalue weighted by Crippen LogP contribution is -2.47. The van der Waals surface area contributed by atoms with Crippen LogP contribution >= 0.6 is 0 Å². The second-order valence-electron chi connectivity index (χ2n) is 3.89. The predicted molar refractivity (Wildman–Crippen MR) is 53.2 cm³/mol. The third-order valence-electron chi connectivity index (χ3n) is 2.63. The molecule has 1 unspecified atom stereocenters. The molecule has 1 aliphatic carbocycles. The fourth-order valence-corrected chi connectivity index (χ4v) is 1.53. The van der Waals surface area contributed by atoms with Gasteiger partial charge in [-0.2, -0.15) is 0 Å². The van der Waals surface area contributed by atoms with Gasteiger partial charge in [-0.05, 0) is 19.8 Å². The molecule has 0 amide bonds. The molecule has 0 aliphatic heterocycles. The van der Waals surface area contributed by atoms with Crippen LogP contribution in [0.15, 0.2) is 0 Å². The van der Waals surface area contributed by atoms with Gasteiger partial charge in [0, 0.05) is 19.2 Å². The zero-order valence-corrected chi connectivity index (χ0v) is 8.82. The summed E-state index contributed by atoms with van der Waals surface area (Å²) < 4.78 is 5.41. The van der Waals surface area contributed by atoms with E-state index in [0.717, 1.165) is 19.4 Å². The maximum Gasteiger partial charge on any atom is 0.307 e. The first-order valence-corrected chi connectivity index (χ1v) is 5.21. The Bertz CT molecular complexity index is 190. The molecule has 4 nitrogen and oxygen atoms in total. The van der Waals surface area contributed by atoms with Crippen molar-refractivity contribution in [1.82, 2.24) is 5.32 Å². The van der Waals surface area contributed by atoms with E-state index in [9.17, 15) is 4.79 Å². The van der Waals surface area contributed by atoms with E-state index < -0.39 is 5.97 Å². The quantitative estimate of drug-likeness (QED) is 0.669. The van der Waals surface area contributed by atoms with Crippen molar-refractivity contribution < 1.29 is 14.6 Å². The lowest BCUT2D eigenvalue weighted by atomic mass is 9.89. The number of carboxylic acids is 1. The molecule has 1 aliphatic rings. The van der Waals surface area contributed by atoms with Gasteiger partial charge in [-0.15, -0.1) is 0 Å². The average Bonchev–Trinajstić information content (AvgIpc) is 2.08. The molecule has 1 fully saturated rings. The Hall–Kier alpha value is -0.610. The van der Waals surface area contributed by atoms with Crippen molar-refractivity contribution >= 4 is 5.97 Å². The summed E-state index contributed by atoms with van der Waals surface area (Å²) in [6.07, 6.45) is 2.41. The molecule has 82 valence electrons. The van der Waals surface area contributed by atoms with Gasteiger partial charge in [-0.3, -0.25) is 4.79 Å². The first-order chi connectivity index (χ1) is 6.63. The molecule has 0 aromatic heterocycles. The molecule has 0 spiro atoms. The predicted octanol–water partition coefficient (Wildman–Crippen LogP) is 0.864. The standard InChI is InChI=1S/C10H19NO3/c1-3-14-9-4-8(5-9)11-6-7(2)10(12)13/h7-9,11H,3-6H2,1-2H3,(H,12,13). The van der Waals surface area contributed by atoms with Crippen molar-refractivity contribution in [3.63, 3.8) is 0 Å². The lowest BCUT2D eigenvalue weighted by Gasteiger charge is -2.35. The van der Waals surface area contributed by atoms with Crippen LogP contribution in [0, 0.1) is 5.92 Å². The van der Waals surface area contributed by atoms with Gasteiger partial charge in [0.15, 0.2) is 0 Å². The van der Waals surface area contributed by atoms with Crippen LogP contribution in [0.1, 0.15) is 26.7 Å². The van der Waals surface area contributed by atoms with Gasteiger partial charge in [-0.1, -0.05) is 6.92 Å². The number of rotatable bonds is 6. The van der Waals surface area contributed by atoms with Crippen molar-refractivity contribution in [2.45, 2.75) is 38.8 Å². The van der Waals surface area contributed by atoms with E-state index in [1.165, 1.54) is 0 Å². The number of aliphatic carboxylic acids is 1. The monoisotopic (exact) mass is 201 g/mol. The highest BCUT2D eigenvalue weighted by Crippen LogP contribution is 2.23. The Kier molecular flexibility index (Phi) is 4.35. The highest BCUT2D eigenvalue weighted by atomic mass is 16.5. The second-order valence-corrected chi connectivity index (χ2v) is 3.89. The lowest BCUT2D eigenvalue weighted by molar-refractivity contribution is -0.141. The molecule has 1 rings (SSSR count). The van der Waals surface area contributed by atoms with Gasteiger partial charge in [0.1, 0.15) is 0 Å². The summed E-state index contributed by atoms with van der Waals surface area (Å²) in [5.41, 5.74) is 0. The number of nitrogens with one attached hydrogen (secondary N) is 1. The second kappa shape index (κ2) is 5.32. The average molecular weight is 201 g/mol. The van der Waals surface area contributed by atoms with Gasteiger partial charge in [-0.25, -0.2) is 0 Å². The molecule has 0 saturated heterocycles. The van der Waals surface area contributed by atoms with Crippen LogP contribution in [0.4, 0.5) is 0 Å². The largest absolute Gasteiger partial charge is 0.481 e. The minimum absolute atomic E-state index is 0.304. The topological polar surface area (TPSA) is 58.6 Å². The Balaban J connectivity index is 2.03. The molecule has 0 aromatic carbocycles. The molecule has 2 N–H and O–H groups in total. The number of carbonyl (C=O) groups is 1. The fraction of sp³-hybridized carbons (Fsp3) is 0.900. The van der Waals surface area contributed by atoms with Crippen LogP contribution in [-0.2, 0) is 9.53 Å². The maximum absolute atomic E-state index is 10.5. The number of ether oxygens (including phenoxy) is 1. The smallest absolute Gasteiger partial charge is 0.307 e. The van der Waals surface area contributed by atoms with Crippen LogP contribution < -0.4 is 5.32 Å². The fourth-order valence-electron chi connectivity index (χ4n) is 1.53. The highest BCUT2D eigenvalue weighted by Gasteiger charge is 2.29. The summed E-state index contributed by atoms with van der Waals surface area (Å²) in [6, 6.07) is 0.452. The van der Waals surface area contributed by atoms with Crippen molar-refractivity contribution in [3.05, 3.63) is 0 Å². The molecule has 0 heterocycles. The Morgan fingerprint density at radius 1 is 1.64 bits per heavy atom. The van der Waals surface area contributed by atoms with Crippen molar-refractivity contribution in [2.75, 3.05) is 13.2 Å². The van der Waals surface area contributed by atoms with Crippen LogP contribution in [-0.4, -0.2) is 36.4 Å². The van der Waals surface area contributed by atoms with Crippen molar-refractivity contribution in [3.8, 4) is 0 Å². The zero-order valence-electron chi connectivity index (χ0n) is 8.82. The molecule has 1 saturated carbocycles. The summed E-state index contributed by atoms with van der Waals surface area (Å²) in [5, 5.41) is 11.9. The van der Waals surface area contributed by atoms with Gasteiger partial charge in [0.05, 0.1) is 12.0 Å². The van der Waals surface area contributed by atoms with E-state index in [1.54, 1.807) is 6.92 Å². The normalized spacial score (nSPS) is 28.1. The Morgan fingerprint density at radius 3 is 2.79 bits per heavy atom. The summed E-state index contributed by atoms with van der Waals surface area (Å²) in [7, 11) is 0. The molecule has 14 heavy (non-hydrogen) atoms. The van der Waals surface area contributed by atoms with E-state index >= 15 is 0 Å². The van der Waals surface area contributed by atoms with Crippen LogP contribution in [0.5, 0.6) is 0 Å². The minimum atomic E-state index is -0.738. The van der Waals surface area contributed by atoms with Gasteiger partial charge in [0.2, 0.25) is 0 Å². The van der Waals surface area contributed by atoms with Crippen molar-refractivity contribution in [1.29, 1.82) is 0 Å². The first kappa shape index (κ1) is 11.5. The summed E-state index contributed by atoms with van der Waals surface area (Å²) in [6.45, 7) is 5.03. The van der Waals surface area contributed by atoms with E-state index in [2.05, 4.69) is 5.32 Å². The SMILES string of the molecule is CCOC1CC(NCC(C)C(=O)O)C1. The maximum atomic E-state index is 10.5. The first-order valence-electron chi connectivity index (χ1n) is 5.21. The van der Waals surface area contributed by atoms with Gasteiger partial charge in [0.25, 0.3) is 0 Å².